The molecular weight excluding hydrogens is 390 g/mol. The van der Waals surface area contributed by atoms with Crippen molar-refractivity contribution in [2.75, 3.05) is 65.3 Å². The van der Waals surface area contributed by atoms with Crippen molar-refractivity contribution in [2.45, 2.75) is 57.9 Å². The third kappa shape index (κ3) is 7.70. The minimum absolute atomic E-state index is 0.152. The molecule has 1 heterocycles. The molecule has 8 nitrogen and oxygen atoms in total. The molecule has 0 bridgehead atoms. The van der Waals surface area contributed by atoms with E-state index in [9.17, 15) is 8.42 Å². The molecule has 0 spiro atoms. The van der Waals surface area contributed by atoms with E-state index in [0.717, 1.165) is 51.8 Å². The van der Waals surface area contributed by atoms with Crippen molar-refractivity contribution in [1.29, 1.82) is 0 Å². The lowest BCUT2D eigenvalue weighted by Gasteiger charge is -2.47. The molecular formula is C20H41N5O3S. The zero-order valence-corrected chi connectivity index (χ0v) is 19.4. The number of nitrogens with one attached hydrogen (secondary N) is 2. The lowest BCUT2D eigenvalue weighted by Crippen LogP contribution is -2.56. The molecule has 0 atom stereocenters. The maximum absolute atomic E-state index is 11.7. The summed E-state index contributed by atoms with van der Waals surface area (Å²) in [5.41, 5.74) is 0.152. The quantitative estimate of drug-likeness (QED) is 0.308. The van der Waals surface area contributed by atoms with Gasteiger partial charge >= 0.3 is 0 Å². The van der Waals surface area contributed by atoms with Crippen LogP contribution < -0.4 is 10.6 Å². The predicted octanol–water partition coefficient (Wildman–Crippen LogP) is 1.25. The SMILES string of the molecule is CCNC(=NCC1(N2CCOCC2)CCCCC1)NCCCN(CC)S(C)(=O)=O. The van der Waals surface area contributed by atoms with Gasteiger partial charge in [-0.3, -0.25) is 9.89 Å². The smallest absolute Gasteiger partial charge is 0.211 e. The molecule has 9 heteroatoms. The molecule has 0 unspecified atom stereocenters. The highest BCUT2D eigenvalue weighted by Crippen LogP contribution is 2.34. The molecule has 0 aromatic heterocycles. The Labute approximate surface area is 177 Å². The minimum atomic E-state index is -3.13. The van der Waals surface area contributed by atoms with Crippen LogP contribution in [0.15, 0.2) is 4.99 Å². The molecule has 1 aliphatic heterocycles. The van der Waals surface area contributed by atoms with E-state index in [2.05, 4.69) is 22.5 Å². The van der Waals surface area contributed by atoms with Gasteiger partial charge in [-0.1, -0.05) is 26.2 Å². The van der Waals surface area contributed by atoms with Gasteiger partial charge in [0.2, 0.25) is 10.0 Å². The van der Waals surface area contributed by atoms with Crippen LogP contribution in [0.1, 0.15) is 52.4 Å². The van der Waals surface area contributed by atoms with Crippen molar-refractivity contribution in [1.82, 2.24) is 19.8 Å². The molecule has 2 rings (SSSR count). The first kappa shape index (κ1) is 24.4. The summed E-state index contributed by atoms with van der Waals surface area (Å²) in [6.07, 6.45) is 8.29. The summed E-state index contributed by atoms with van der Waals surface area (Å²) in [7, 11) is -3.13. The van der Waals surface area contributed by atoms with Gasteiger partial charge in [0.15, 0.2) is 5.96 Å². The van der Waals surface area contributed by atoms with Crippen LogP contribution in [0.2, 0.25) is 0 Å². The van der Waals surface area contributed by atoms with E-state index in [4.69, 9.17) is 9.73 Å². The van der Waals surface area contributed by atoms with E-state index in [1.807, 2.05) is 6.92 Å². The molecule has 170 valence electrons. The number of hydrogen-bond donors (Lipinski definition) is 2. The molecule has 2 fully saturated rings. The summed E-state index contributed by atoms with van der Waals surface area (Å²) in [4.78, 5) is 7.56. The van der Waals surface area contributed by atoms with Crippen LogP contribution >= 0.6 is 0 Å². The Morgan fingerprint density at radius 1 is 1.14 bits per heavy atom. The van der Waals surface area contributed by atoms with E-state index in [-0.39, 0.29) is 5.54 Å². The Balaban J connectivity index is 1.93. The first-order valence-electron chi connectivity index (χ1n) is 11.2. The van der Waals surface area contributed by atoms with Gasteiger partial charge in [0.05, 0.1) is 26.0 Å². The molecule has 0 aromatic carbocycles. The number of aliphatic imine (C=N–C) groups is 1. The van der Waals surface area contributed by atoms with Crippen LogP contribution in [0.25, 0.3) is 0 Å². The van der Waals surface area contributed by atoms with E-state index in [1.54, 1.807) is 0 Å². The number of nitrogens with zero attached hydrogens (tertiary/aromatic N) is 3. The summed E-state index contributed by atoms with van der Waals surface area (Å²) in [6.45, 7) is 10.9. The van der Waals surface area contributed by atoms with Gasteiger partial charge in [-0.15, -0.1) is 0 Å². The fourth-order valence-electron chi connectivity index (χ4n) is 4.41. The highest BCUT2D eigenvalue weighted by molar-refractivity contribution is 7.88. The molecule has 0 amide bonds. The van der Waals surface area contributed by atoms with Crippen LogP contribution in [-0.2, 0) is 14.8 Å². The molecule has 1 saturated heterocycles. The van der Waals surface area contributed by atoms with Crippen molar-refractivity contribution in [3.05, 3.63) is 0 Å². The van der Waals surface area contributed by atoms with Gasteiger partial charge in [-0.25, -0.2) is 12.7 Å². The highest BCUT2D eigenvalue weighted by Gasteiger charge is 2.38. The second-order valence-electron chi connectivity index (χ2n) is 8.11. The maximum atomic E-state index is 11.7. The van der Waals surface area contributed by atoms with Crippen molar-refractivity contribution < 1.29 is 13.2 Å². The van der Waals surface area contributed by atoms with E-state index >= 15 is 0 Å². The standard InChI is InChI=1S/C20H41N5O3S/c1-4-21-19(22-12-9-13-25(5-2)29(3,26)27)23-18-20(10-7-6-8-11-20)24-14-16-28-17-15-24/h4-18H2,1-3H3,(H2,21,22,23). The second kappa shape index (κ2) is 12.1. The average Bonchev–Trinajstić information content (AvgIpc) is 2.72. The summed E-state index contributed by atoms with van der Waals surface area (Å²) in [6, 6.07) is 0. The van der Waals surface area contributed by atoms with E-state index in [0.29, 0.717) is 19.6 Å². The van der Waals surface area contributed by atoms with Gasteiger partial charge in [0.25, 0.3) is 0 Å². The summed E-state index contributed by atoms with van der Waals surface area (Å²) in [5, 5.41) is 6.72. The Hall–Kier alpha value is -0.900. The maximum Gasteiger partial charge on any atom is 0.211 e. The number of hydrogen-bond acceptors (Lipinski definition) is 5. The van der Waals surface area contributed by atoms with Gasteiger partial charge in [0.1, 0.15) is 0 Å². The monoisotopic (exact) mass is 431 g/mol. The van der Waals surface area contributed by atoms with Gasteiger partial charge < -0.3 is 15.4 Å². The van der Waals surface area contributed by atoms with E-state index in [1.165, 1.54) is 42.7 Å². The molecule has 2 aliphatic rings. The van der Waals surface area contributed by atoms with E-state index < -0.39 is 10.0 Å². The van der Waals surface area contributed by atoms with Crippen molar-refractivity contribution in [3.63, 3.8) is 0 Å². The second-order valence-corrected chi connectivity index (χ2v) is 10.1. The molecule has 2 N–H and O–H groups in total. The topological polar surface area (TPSA) is 86.3 Å². The molecule has 1 aliphatic carbocycles. The Bertz CT molecular complexity index is 599. The van der Waals surface area contributed by atoms with Crippen molar-refractivity contribution >= 4 is 16.0 Å². The van der Waals surface area contributed by atoms with Crippen LogP contribution in [0.4, 0.5) is 0 Å². The minimum Gasteiger partial charge on any atom is -0.379 e. The molecule has 1 saturated carbocycles. The van der Waals surface area contributed by atoms with Crippen molar-refractivity contribution in [3.8, 4) is 0 Å². The van der Waals surface area contributed by atoms with Gasteiger partial charge in [-0.2, -0.15) is 0 Å². The van der Waals surface area contributed by atoms with Crippen molar-refractivity contribution in [2.24, 2.45) is 4.99 Å². The third-order valence-corrected chi connectivity index (χ3v) is 7.42. The van der Waals surface area contributed by atoms with Gasteiger partial charge in [-0.05, 0) is 26.2 Å². The Morgan fingerprint density at radius 3 is 2.41 bits per heavy atom. The lowest BCUT2D eigenvalue weighted by atomic mass is 9.80. The third-order valence-electron chi connectivity index (χ3n) is 6.04. The van der Waals surface area contributed by atoms with Crippen LogP contribution in [0.3, 0.4) is 0 Å². The lowest BCUT2D eigenvalue weighted by molar-refractivity contribution is -0.0333. The first-order chi connectivity index (χ1) is 13.9. The molecule has 0 radical (unpaired) electrons. The Morgan fingerprint density at radius 2 is 1.83 bits per heavy atom. The fourth-order valence-corrected chi connectivity index (χ4v) is 5.34. The first-order valence-corrected chi connectivity index (χ1v) is 13.1. The predicted molar refractivity (Wildman–Crippen MR) is 119 cm³/mol. The fraction of sp³-hybridized carbons (Fsp3) is 0.950. The summed E-state index contributed by atoms with van der Waals surface area (Å²) >= 11 is 0. The molecule has 29 heavy (non-hydrogen) atoms. The molecule has 0 aromatic rings. The summed E-state index contributed by atoms with van der Waals surface area (Å²) in [5.74, 6) is 0.827. The van der Waals surface area contributed by atoms with Gasteiger partial charge in [0, 0.05) is 44.8 Å². The summed E-state index contributed by atoms with van der Waals surface area (Å²) < 4.78 is 30.5. The number of ether oxygens (including phenoxy) is 1. The number of sulfonamides is 1. The number of rotatable bonds is 10. The number of guanidine groups is 1. The van der Waals surface area contributed by atoms with Crippen LogP contribution in [-0.4, -0.2) is 94.4 Å². The Kier molecular flexibility index (Phi) is 10.1. The largest absolute Gasteiger partial charge is 0.379 e. The van der Waals surface area contributed by atoms with Crippen LogP contribution in [0, 0.1) is 0 Å². The average molecular weight is 432 g/mol. The normalized spacial score (nSPS) is 21.3. The number of morpholine rings is 1. The zero-order chi connectivity index (χ0) is 21.2. The van der Waals surface area contributed by atoms with Crippen LogP contribution in [0.5, 0.6) is 0 Å². The zero-order valence-electron chi connectivity index (χ0n) is 18.6. The highest BCUT2D eigenvalue weighted by atomic mass is 32.2.